The number of pyridine rings is 1. The number of nitrogens with one attached hydrogen (secondary N) is 2. The Morgan fingerprint density at radius 1 is 1.18 bits per heavy atom. The third kappa shape index (κ3) is 7.33. The van der Waals surface area contributed by atoms with Crippen LogP contribution in [0, 0.1) is 0 Å². The van der Waals surface area contributed by atoms with E-state index < -0.39 is 0 Å². The standard InChI is InChI=1S/C20H26ClN5S.HI/c1-22-20(24-10-13-27-18-6-4-17(21)5-7-18)25-15-16-8-9-23-19(14-16)26-11-2-3-12-26;/h4-9,14H,2-3,10-13,15H2,1H3,(H2,22,24,25);1H. The van der Waals surface area contributed by atoms with E-state index in [9.17, 15) is 0 Å². The highest BCUT2D eigenvalue weighted by molar-refractivity contribution is 14.0. The Balaban J connectivity index is 0.00000280. The van der Waals surface area contributed by atoms with Crippen LogP contribution in [0.2, 0.25) is 5.02 Å². The van der Waals surface area contributed by atoms with Gasteiger partial charge in [-0.15, -0.1) is 35.7 Å². The lowest BCUT2D eigenvalue weighted by Crippen LogP contribution is -2.38. The molecule has 1 aromatic heterocycles. The molecule has 0 radical (unpaired) electrons. The molecule has 152 valence electrons. The third-order valence-electron chi connectivity index (χ3n) is 4.40. The lowest BCUT2D eigenvalue weighted by molar-refractivity contribution is 0.828. The zero-order chi connectivity index (χ0) is 18.9. The number of halogens is 2. The number of hydrogen-bond acceptors (Lipinski definition) is 4. The summed E-state index contributed by atoms with van der Waals surface area (Å²) in [4.78, 5) is 12.4. The number of nitrogens with zero attached hydrogens (tertiary/aromatic N) is 3. The fourth-order valence-electron chi connectivity index (χ4n) is 2.97. The van der Waals surface area contributed by atoms with E-state index in [1.165, 1.54) is 23.3 Å². The van der Waals surface area contributed by atoms with Gasteiger partial charge in [0, 0.05) is 55.1 Å². The van der Waals surface area contributed by atoms with Crippen molar-refractivity contribution < 1.29 is 0 Å². The summed E-state index contributed by atoms with van der Waals surface area (Å²) in [7, 11) is 1.80. The molecular formula is C20H27ClIN5S. The van der Waals surface area contributed by atoms with Gasteiger partial charge in [0.25, 0.3) is 0 Å². The molecule has 0 amide bonds. The predicted molar refractivity (Wildman–Crippen MR) is 131 cm³/mol. The molecule has 2 aromatic rings. The monoisotopic (exact) mass is 531 g/mol. The molecule has 0 unspecified atom stereocenters. The maximum Gasteiger partial charge on any atom is 0.191 e. The first kappa shape index (κ1) is 23.1. The zero-order valence-electron chi connectivity index (χ0n) is 16.0. The van der Waals surface area contributed by atoms with Gasteiger partial charge < -0.3 is 15.5 Å². The highest BCUT2D eigenvalue weighted by Crippen LogP contribution is 2.20. The van der Waals surface area contributed by atoms with Crippen LogP contribution in [0.5, 0.6) is 0 Å². The second-order valence-corrected chi connectivity index (χ2v) is 7.98. The zero-order valence-corrected chi connectivity index (χ0v) is 19.9. The minimum atomic E-state index is 0. The van der Waals surface area contributed by atoms with Crippen LogP contribution < -0.4 is 15.5 Å². The molecule has 3 rings (SSSR count). The third-order valence-corrected chi connectivity index (χ3v) is 5.67. The second kappa shape index (κ2) is 12.4. The first-order chi connectivity index (χ1) is 13.2. The van der Waals surface area contributed by atoms with Crippen LogP contribution in [0.4, 0.5) is 5.82 Å². The molecule has 1 saturated heterocycles. The van der Waals surface area contributed by atoms with Gasteiger partial charge in [-0.3, -0.25) is 4.99 Å². The SMILES string of the molecule is CN=C(NCCSc1ccc(Cl)cc1)NCc1ccnc(N2CCCC2)c1.I. The molecular weight excluding hydrogens is 505 g/mol. The van der Waals surface area contributed by atoms with Crippen LogP contribution in [-0.4, -0.2) is 43.4 Å². The van der Waals surface area contributed by atoms with Crippen LogP contribution in [-0.2, 0) is 6.54 Å². The van der Waals surface area contributed by atoms with Gasteiger partial charge in [0.2, 0.25) is 0 Å². The summed E-state index contributed by atoms with van der Waals surface area (Å²) < 4.78 is 0. The minimum Gasteiger partial charge on any atom is -0.357 e. The number of aliphatic imine (C=N–C) groups is 1. The normalized spacial score (nSPS) is 13.9. The van der Waals surface area contributed by atoms with E-state index in [2.05, 4.69) is 37.6 Å². The van der Waals surface area contributed by atoms with Crippen LogP contribution >= 0.6 is 47.3 Å². The Morgan fingerprint density at radius 2 is 1.93 bits per heavy atom. The van der Waals surface area contributed by atoms with Crippen LogP contribution in [0.3, 0.4) is 0 Å². The topological polar surface area (TPSA) is 52.6 Å². The number of benzene rings is 1. The fourth-order valence-corrected chi connectivity index (χ4v) is 3.86. The Bertz CT molecular complexity index is 751. The van der Waals surface area contributed by atoms with Crippen molar-refractivity contribution in [1.82, 2.24) is 15.6 Å². The van der Waals surface area contributed by atoms with Crippen molar-refractivity contribution in [3.8, 4) is 0 Å². The molecule has 1 aliphatic rings. The van der Waals surface area contributed by atoms with Crippen molar-refractivity contribution in [2.45, 2.75) is 24.3 Å². The van der Waals surface area contributed by atoms with Crippen LogP contribution in [0.25, 0.3) is 0 Å². The van der Waals surface area contributed by atoms with E-state index in [-0.39, 0.29) is 24.0 Å². The summed E-state index contributed by atoms with van der Waals surface area (Å²) in [5.41, 5.74) is 1.21. The maximum atomic E-state index is 5.91. The number of rotatable bonds is 7. The van der Waals surface area contributed by atoms with E-state index in [0.717, 1.165) is 48.7 Å². The Morgan fingerprint density at radius 3 is 2.64 bits per heavy atom. The second-order valence-electron chi connectivity index (χ2n) is 6.37. The van der Waals surface area contributed by atoms with Crippen LogP contribution in [0.1, 0.15) is 18.4 Å². The molecule has 0 bridgehead atoms. The number of hydrogen-bond donors (Lipinski definition) is 2. The molecule has 1 fully saturated rings. The van der Waals surface area contributed by atoms with Crippen LogP contribution in [0.15, 0.2) is 52.5 Å². The maximum absolute atomic E-state index is 5.91. The minimum absolute atomic E-state index is 0. The van der Waals surface area contributed by atoms with Gasteiger partial charge in [-0.2, -0.15) is 0 Å². The van der Waals surface area contributed by atoms with Crippen molar-refractivity contribution in [2.24, 2.45) is 4.99 Å². The molecule has 2 N–H and O–H groups in total. The number of guanidine groups is 1. The van der Waals surface area contributed by atoms with Gasteiger partial charge in [0.1, 0.15) is 5.82 Å². The Kier molecular flexibility index (Phi) is 10.2. The summed E-state index contributed by atoms with van der Waals surface area (Å²) in [6.45, 7) is 3.78. The van der Waals surface area contributed by atoms with E-state index >= 15 is 0 Å². The first-order valence-corrected chi connectivity index (χ1v) is 10.6. The van der Waals surface area contributed by atoms with Gasteiger partial charge in [-0.25, -0.2) is 4.98 Å². The van der Waals surface area contributed by atoms with E-state index in [1.807, 2.05) is 30.5 Å². The highest BCUT2D eigenvalue weighted by Gasteiger charge is 2.13. The molecule has 0 atom stereocenters. The summed E-state index contributed by atoms with van der Waals surface area (Å²) in [5.74, 6) is 2.84. The van der Waals surface area contributed by atoms with Crippen molar-refractivity contribution in [3.05, 3.63) is 53.2 Å². The van der Waals surface area contributed by atoms with Crippen molar-refractivity contribution in [1.29, 1.82) is 0 Å². The average molecular weight is 532 g/mol. The number of anilines is 1. The Hall–Kier alpha value is -1.19. The summed E-state index contributed by atoms with van der Waals surface area (Å²) in [5, 5.41) is 7.50. The van der Waals surface area contributed by atoms with Crippen molar-refractivity contribution >= 4 is 59.1 Å². The summed E-state index contributed by atoms with van der Waals surface area (Å²) in [6, 6.07) is 12.1. The molecule has 8 heteroatoms. The lowest BCUT2D eigenvalue weighted by atomic mass is 10.2. The molecule has 1 aliphatic heterocycles. The molecule has 28 heavy (non-hydrogen) atoms. The quantitative estimate of drug-likeness (QED) is 0.182. The van der Waals surface area contributed by atoms with E-state index in [1.54, 1.807) is 18.8 Å². The van der Waals surface area contributed by atoms with Gasteiger partial charge in [-0.1, -0.05) is 11.6 Å². The molecule has 0 aliphatic carbocycles. The van der Waals surface area contributed by atoms with Gasteiger partial charge in [-0.05, 0) is 54.8 Å². The largest absolute Gasteiger partial charge is 0.357 e. The fraction of sp³-hybridized carbons (Fsp3) is 0.400. The van der Waals surface area contributed by atoms with Crippen molar-refractivity contribution in [3.63, 3.8) is 0 Å². The van der Waals surface area contributed by atoms with Gasteiger partial charge >= 0.3 is 0 Å². The number of thioether (sulfide) groups is 1. The molecule has 1 aromatic carbocycles. The molecule has 5 nitrogen and oxygen atoms in total. The Labute approximate surface area is 193 Å². The van der Waals surface area contributed by atoms with Gasteiger partial charge in [0.05, 0.1) is 0 Å². The first-order valence-electron chi connectivity index (χ1n) is 9.27. The van der Waals surface area contributed by atoms with E-state index in [4.69, 9.17) is 11.6 Å². The summed E-state index contributed by atoms with van der Waals surface area (Å²) >= 11 is 7.71. The van der Waals surface area contributed by atoms with Crippen molar-refractivity contribution in [2.75, 3.05) is 37.3 Å². The smallest absolute Gasteiger partial charge is 0.191 e. The van der Waals surface area contributed by atoms with Gasteiger partial charge in [0.15, 0.2) is 5.96 Å². The molecule has 0 spiro atoms. The highest BCUT2D eigenvalue weighted by atomic mass is 127. The average Bonchev–Trinajstić information content (AvgIpc) is 3.24. The lowest BCUT2D eigenvalue weighted by Gasteiger charge is -2.17. The summed E-state index contributed by atoms with van der Waals surface area (Å²) in [6.07, 6.45) is 4.41. The molecule has 0 saturated carbocycles. The number of aromatic nitrogens is 1. The predicted octanol–water partition coefficient (Wildman–Crippen LogP) is 4.41. The van der Waals surface area contributed by atoms with E-state index in [0.29, 0.717) is 0 Å². The molecule has 2 heterocycles.